The van der Waals surface area contributed by atoms with Gasteiger partial charge >= 0.3 is 24.7 Å². The summed E-state index contributed by atoms with van der Waals surface area (Å²) in [5, 5.41) is 12.9. The molecule has 3 fully saturated rings. The molecule has 0 saturated carbocycles. The number of benzene rings is 4. The molecular formula is C42H33F12N2O+. The molecule has 8 rings (SSSR count). The maximum Gasteiger partial charge on any atom is 0.416 e. The Labute approximate surface area is 318 Å². The summed E-state index contributed by atoms with van der Waals surface area (Å²) < 4.78 is 168. The highest BCUT2D eigenvalue weighted by Gasteiger charge is 2.54. The van der Waals surface area contributed by atoms with E-state index in [4.69, 9.17) is 0 Å². The quantitative estimate of drug-likeness (QED) is 0.101. The lowest BCUT2D eigenvalue weighted by Gasteiger charge is -2.58. The maximum atomic E-state index is 14.0. The molecule has 5 aromatic rings. The Morgan fingerprint density at radius 1 is 0.684 bits per heavy atom. The lowest BCUT2D eigenvalue weighted by atomic mass is 9.71. The monoisotopic (exact) mass is 809 g/mol. The molecular weight excluding hydrogens is 776 g/mol. The molecule has 57 heavy (non-hydrogen) atoms. The average Bonchev–Trinajstić information content (AvgIpc) is 3.15. The summed E-state index contributed by atoms with van der Waals surface area (Å²) in [7, 11) is 0. The van der Waals surface area contributed by atoms with Crippen LogP contribution in [0, 0.1) is 11.8 Å². The Balaban J connectivity index is 1.44. The van der Waals surface area contributed by atoms with Crippen molar-refractivity contribution in [3.63, 3.8) is 0 Å². The maximum absolute atomic E-state index is 14.0. The Bertz CT molecular complexity index is 2160. The van der Waals surface area contributed by atoms with Crippen molar-refractivity contribution in [1.82, 2.24) is 4.98 Å². The highest BCUT2D eigenvalue weighted by molar-refractivity contribution is 5.82. The molecule has 3 aliphatic heterocycles. The number of quaternary nitrogens is 1. The van der Waals surface area contributed by atoms with Crippen LogP contribution < -0.4 is 0 Å². The summed E-state index contributed by atoms with van der Waals surface area (Å²) in [6.45, 7) is 4.82. The topological polar surface area (TPSA) is 33.1 Å². The van der Waals surface area contributed by atoms with E-state index >= 15 is 0 Å². The van der Waals surface area contributed by atoms with E-state index in [9.17, 15) is 57.8 Å². The molecule has 0 radical (unpaired) electrons. The number of hydrogen-bond acceptors (Lipinski definition) is 2. The number of nitrogens with zero attached hydrogens (tertiary/aromatic N) is 2. The molecule has 15 heteroatoms. The summed E-state index contributed by atoms with van der Waals surface area (Å²) in [6, 6.07) is 13.6. The molecule has 3 saturated heterocycles. The van der Waals surface area contributed by atoms with Crippen molar-refractivity contribution < 1.29 is 62.3 Å². The number of aliphatic hydroxyl groups is 1. The van der Waals surface area contributed by atoms with Crippen LogP contribution in [0.4, 0.5) is 52.7 Å². The van der Waals surface area contributed by atoms with Gasteiger partial charge in [-0.05, 0) is 100 Å². The van der Waals surface area contributed by atoms with Gasteiger partial charge in [-0.1, -0.05) is 24.3 Å². The number of aromatic nitrogens is 1. The zero-order valence-corrected chi connectivity index (χ0v) is 29.7. The van der Waals surface area contributed by atoms with Crippen LogP contribution in [-0.2, 0) is 31.2 Å². The predicted molar refractivity (Wildman–Crippen MR) is 188 cm³/mol. The molecule has 300 valence electrons. The van der Waals surface area contributed by atoms with E-state index in [0.717, 1.165) is 6.07 Å². The Morgan fingerprint density at radius 2 is 1.18 bits per heavy atom. The van der Waals surface area contributed by atoms with Gasteiger partial charge in [-0.3, -0.25) is 4.98 Å². The van der Waals surface area contributed by atoms with Crippen molar-refractivity contribution in [2.45, 2.75) is 56.2 Å². The van der Waals surface area contributed by atoms with Gasteiger partial charge < -0.3 is 9.59 Å². The fraction of sp³-hybridized carbons (Fsp3) is 0.310. The number of para-hydroxylation sites is 1. The van der Waals surface area contributed by atoms with E-state index < -0.39 is 70.2 Å². The second kappa shape index (κ2) is 14.2. The first-order chi connectivity index (χ1) is 26.6. The second-order valence-electron chi connectivity index (χ2n) is 14.9. The first-order valence-corrected chi connectivity index (χ1v) is 17.8. The number of piperidine rings is 3. The molecule has 2 bridgehead atoms. The smallest absolute Gasteiger partial charge is 0.382 e. The van der Waals surface area contributed by atoms with Crippen molar-refractivity contribution in [2.24, 2.45) is 11.8 Å². The van der Waals surface area contributed by atoms with E-state index in [1.807, 2.05) is 0 Å². The lowest BCUT2D eigenvalue weighted by molar-refractivity contribution is -0.984. The van der Waals surface area contributed by atoms with Crippen molar-refractivity contribution in [3.05, 3.63) is 137 Å². The van der Waals surface area contributed by atoms with Gasteiger partial charge in [-0.15, -0.1) is 6.58 Å². The molecule has 3 aliphatic rings. The summed E-state index contributed by atoms with van der Waals surface area (Å²) in [5.41, 5.74) is -7.02. The molecule has 0 spiro atoms. The molecule has 0 amide bonds. The summed E-state index contributed by atoms with van der Waals surface area (Å²) in [6.07, 6.45) is -17.6. The summed E-state index contributed by atoms with van der Waals surface area (Å²) >= 11 is 0. The van der Waals surface area contributed by atoms with Crippen LogP contribution in [0.15, 0.2) is 104 Å². The third-order valence-electron chi connectivity index (χ3n) is 11.4. The van der Waals surface area contributed by atoms with Crippen LogP contribution in [-0.4, -0.2) is 33.7 Å². The lowest BCUT2D eigenvalue weighted by Crippen LogP contribution is -2.67. The van der Waals surface area contributed by atoms with Crippen molar-refractivity contribution >= 4 is 10.9 Å². The molecule has 0 aliphatic carbocycles. The van der Waals surface area contributed by atoms with Crippen molar-refractivity contribution in [2.75, 3.05) is 13.1 Å². The zero-order valence-electron chi connectivity index (χ0n) is 29.7. The minimum atomic E-state index is -5.24. The highest BCUT2D eigenvalue weighted by atomic mass is 19.4. The normalized spacial score (nSPS) is 22.2. The van der Waals surface area contributed by atoms with Gasteiger partial charge in [0.1, 0.15) is 18.7 Å². The van der Waals surface area contributed by atoms with E-state index in [2.05, 4.69) is 11.6 Å². The minimum absolute atomic E-state index is 0.0289. The summed E-state index contributed by atoms with van der Waals surface area (Å²) in [4.78, 5) is 4.38. The largest absolute Gasteiger partial charge is 0.416 e. The van der Waals surface area contributed by atoms with E-state index in [1.165, 1.54) is 12.1 Å². The van der Waals surface area contributed by atoms with Gasteiger partial charge in [0.25, 0.3) is 0 Å². The van der Waals surface area contributed by atoms with Crippen LogP contribution in [0.5, 0.6) is 0 Å². The van der Waals surface area contributed by atoms with Gasteiger partial charge in [-0.2, -0.15) is 52.7 Å². The fourth-order valence-corrected chi connectivity index (χ4v) is 8.69. The number of hydrogen-bond donors (Lipinski definition) is 1. The van der Waals surface area contributed by atoms with E-state index in [1.54, 1.807) is 42.6 Å². The Hall–Kier alpha value is -4.89. The first-order valence-electron chi connectivity index (χ1n) is 17.8. The number of aliphatic hydroxyl groups excluding tert-OH is 1. The van der Waals surface area contributed by atoms with Crippen molar-refractivity contribution in [3.8, 4) is 22.3 Å². The van der Waals surface area contributed by atoms with Gasteiger partial charge in [0, 0.05) is 35.9 Å². The van der Waals surface area contributed by atoms with Gasteiger partial charge in [0.15, 0.2) is 0 Å². The number of rotatable bonds is 7. The molecule has 4 aromatic carbocycles. The number of fused-ring (bicyclic) bond motifs is 4. The number of pyridine rings is 1. The van der Waals surface area contributed by atoms with Gasteiger partial charge in [0.05, 0.1) is 40.9 Å². The SMILES string of the molecule is C=C[C@H]1C[N@+]2(Cc3cc(-c4cc(C(F)(F)F)cc(C(F)(F)F)c4)cc(-c4cc(C(F)(F)F)cc(C(F)(F)F)c4)c3)CC[C@H]1C[C@@H]2[C@@H](O)c1ccnc2ccccc12. The molecule has 5 atom stereocenters. The fourth-order valence-electron chi connectivity index (χ4n) is 8.69. The van der Waals surface area contributed by atoms with Crippen LogP contribution in [0.3, 0.4) is 0 Å². The van der Waals surface area contributed by atoms with Crippen LogP contribution in [0.1, 0.15) is 52.3 Å². The van der Waals surface area contributed by atoms with E-state index in [-0.39, 0.29) is 51.7 Å². The van der Waals surface area contributed by atoms with Gasteiger partial charge in [-0.25, -0.2) is 0 Å². The molecule has 1 N–H and O–H groups in total. The minimum Gasteiger partial charge on any atom is -0.382 e. The first kappa shape index (κ1) is 40.3. The molecule has 1 aromatic heterocycles. The molecule has 0 unspecified atom stereocenters. The zero-order chi connectivity index (χ0) is 41.3. The van der Waals surface area contributed by atoms with Crippen molar-refractivity contribution in [1.29, 1.82) is 0 Å². The van der Waals surface area contributed by atoms with Crippen LogP contribution in [0.25, 0.3) is 33.2 Å². The summed E-state index contributed by atoms with van der Waals surface area (Å²) in [5.74, 6) is 0.0589. The third kappa shape index (κ3) is 8.00. The highest BCUT2D eigenvalue weighted by Crippen LogP contribution is 2.49. The average molecular weight is 810 g/mol. The van der Waals surface area contributed by atoms with Crippen LogP contribution in [0.2, 0.25) is 0 Å². The number of alkyl halides is 12. The Kier molecular flexibility index (Phi) is 10.0. The third-order valence-corrected chi connectivity index (χ3v) is 11.4. The number of halogens is 12. The molecule has 3 nitrogen and oxygen atoms in total. The van der Waals surface area contributed by atoms with Gasteiger partial charge in [0.2, 0.25) is 0 Å². The van der Waals surface area contributed by atoms with Crippen LogP contribution >= 0.6 is 0 Å². The predicted octanol–water partition coefficient (Wildman–Crippen LogP) is 12.3. The Morgan fingerprint density at radius 3 is 1.67 bits per heavy atom. The second-order valence-corrected chi connectivity index (χ2v) is 14.9. The van der Waals surface area contributed by atoms with E-state index in [0.29, 0.717) is 66.7 Å². The standard InChI is InChI=1S/C42H33F12N2O/c1-2-24-22-56(10-8-25(24)18-37(56)38(57)35-7-9-55-36-6-4-3-5-34(35)36)21-23-11-26(28-14-30(39(43,44)45)19-31(15-28)40(46,47)48)13-27(12-23)29-16-32(41(49,50)51)20-33(17-29)42(52,53)54/h2-7,9,11-17,19-20,24-25,37-38,57H,1,8,10,18,21-22H2/q+1/t24-,25-,37+,38-,56+/m0/s1. The molecule has 4 heterocycles.